The molecule has 3 nitrogen and oxygen atoms in total. The van der Waals surface area contributed by atoms with Crippen LogP contribution < -0.4 is 5.32 Å². The average Bonchev–Trinajstić information content (AvgIpc) is 2.34. The van der Waals surface area contributed by atoms with Gasteiger partial charge in [0.05, 0.1) is 12.5 Å². The maximum Gasteiger partial charge on any atom is 0.393 e. The topological polar surface area (TPSA) is 35.5 Å². The first kappa shape index (κ1) is 15.7. The number of nitrogens with zero attached hydrogens (tertiary/aromatic N) is 1. The molecule has 0 bridgehead atoms. The summed E-state index contributed by atoms with van der Waals surface area (Å²) < 4.78 is 37.9. The standard InChI is InChI=1S/C12H23F3N2O/c1-2-16-11(9-18)5-7-17-6-3-4-10(8-17)12(13,14)15/h10-11,16,18H,2-9H2,1H3. The van der Waals surface area contributed by atoms with Crippen LogP contribution >= 0.6 is 0 Å². The maximum atomic E-state index is 12.6. The van der Waals surface area contributed by atoms with Crippen molar-refractivity contribution in [1.82, 2.24) is 10.2 Å². The van der Waals surface area contributed by atoms with Crippen LogP contribution in [-0.2, 0) is 0 Å². The number of aliphatic hydroxyl groups is 1. The van der Waals surface area contributed by atoms with Gasteiger partial charge in [-0.15, -0.1) is 0 Å². The summed E-state index contributed by atoms with van der Waals surface area (Å²) >= 11 is 0. The lowest BCUT2D eigenvalue weighted by molar-refractivity contribution is -0.186. The molecule has 2 N–H and O–H groups in total. The summed E-state index contributed by atoms with van der Waals surface area (Å²) in [7, 11) is 0. The SMILES string of the molecule is CCNC(CO)CCN1CCCC(C(F)(F)F)C1. The Morgan fingerprint density at radius 1 is 1.44 bits per heavy atom. The third-order valence-corrected chi connectivity index (χ3v) is 3.48. The number of nitrogens with one attached hydrogen (secondary N) is 1. The van der Waals surface area contributed by atoms with Gasteiger partial charge in [0.15, 0.2) is 0 Å². The van der Waals surface area contributed by atoms with Crippen molar-refractivity contribution >= 4 is 0 Å². The van der Waals surface area contributed by atoms with E-state index in [2.05, 4.69) is 5.32 Å². The molecule has 2 atom stereocenters. The first-order valence-electron chi connectivity index (χ1n) is 6.60. The molecule has 6 heteroatoms. The lowest BCUT2D eigenvalue weighted by atomic mass is 9.97. The van der Waals surface area contributed by atoms with Crippen LogP contribution in [0.3, 0.4) is 0 Å². The molecule has 1 aliphatic rings. The van der Waals surface area contributed by atoms with Crippen LogP contribution in [0.15, 0.2) is 0 Å². The molecule has 0 aromatic heterocycles. The third kappa shape index (κ3) is 5.12. The van der Waals surface area contributed by atoms with Gasteiger partial charge in [0, 0.05) is 12.6 Å². The normalized spacial score (nSPS) is 24.2. The smallest absolute Gasteiger partial charge is 0.393 e. The Labute approximate surface area is 106 Å². The number of aliphatic hydroxyl groups excluding tert-OH is 1. The minimum atomic E-state index is -4.07. The molecule has 0 aromatic rings. The van der Waals surface area contributed by atoms with E-state index in [1.807, 2.05) is 11.8 Å². The molecule has 1 saturated heterocycles. The lowest BCUT2D eigenvalue weighted by Crippen LogP contribution is -2.44. The van der Waals surface area contributed by atoms with E-state index in [1.165, 1.54) is 0 Å². The Balaban J connectivity index is 2.34. The predicted octanol–water partition coefficient (Wildman–Crippen LogP) is 1.62. The Bertz CT molecular complexity index is 236. The van der Waals surface area contributed by atoms with Crippen molar-refractivity contribution in [3.63, 3.8) is 0 Å². The summed E-state index contributed by atoms with van der Waals surface area (Å²) in [4.78, 5) is 1.86. The van der Waals surface area contributed by atoms with Crippen molar-refractivity contribution in [1.29, 1.82) is 0 Å². The minimum absolute atomic E-state index is 0.0127. The first-order chi connectivity index (χ1) is 8.47. The minimum Gasteiger partial charge on any atom is -0.395 e. The summed E-state index contributed by atoms with van der Waals surface area (Å²) in [5.74, 6) is -1.18. The molecule has 0 amide bonds. The number of hydrogen-bond acceptors (Lipinski definition) is 3. The molecule has 1 heterocycles. The number of alkyl halides is 3. The molecular weight excluding hydrogens is 245 g/mol. The highest BCUT2D eigenvalue weighted by atomic mass is 19.4. The highest BCUT2D eigenvalue weighted by Crippen LogP contribution is 2.33. The van der Waals surface area contributed by atoms with Crippen molar-refractivity contribution in [2.45, 2.75) is 38.4 Å². The summed E-state index contributed by atoms with van der Waals surface area (Å²) in [5.41, 5.74) is 0. The summed E-state index contributed by atoms with van der Waals surface area (Å²) in [6, 6.07) is -0.0127. The lowest BCUT2D eigenvalue weighted by Gasteiger charge is -2.34. The van der Waals surface area contributed by atoms with E-state index in [0.717, 1.165) is 13.1 Å². The van der Waals surface area contributed by atoms with Crippen molar-refractivity contribution in [2.24, 2.45) is 5.92 Å². The van der Waals surface area contributed by atoms with Gasteiger partial charge >= 0.3 is 6.18 Å². The van der Waals surface area contributed by atoms with E-state index in [0.29, 0.717) is 19.4 Å². The van der Waals surface area contributed by atoms with Crippen molar-refractivity contribution in [3.8, 4) is 0 Å². The van der Waals surface area contributed by atoms with E-state index in [-0.39, 0.29) is 25.6 Å². The fourth-order valence-electron chi connectivity index (χ4n) is 2.41. The number of hydrogen-bond donors (Lipinski definition) is 2. The predicted molar refractivity (Wildman–Crippen MR) is 64.4 cm³/mol. The monoisotopic (exact) mass is 268 g/mol. The molecule has 0 saturated carbocycles. The zero-order valence-corrected chi connectivity index (χ0v) is 10.8. The Morgan fingerprint density at radius 3 is 2.72 bits per heavy atom. The number of likely N-dealkylation sites (N-methyl/N-ethyl adjacent to an activating group) is 1. The van der Waals surface area contributed by atoms with Gasteiger partial charge in [-0.2, -0.15) is 13.2 Å². The zero-order valence-electron chi connectivity index (χ0n) is 10.8. The second-order valence-electron chi connectivity index (χ2n) is 4.91. The molecule has 0 aliphatic carbocycles. The molecule has 108 valence electrons. The van der Waals surface area contributed by atoms with Gasteiger partial charge in [0.25, 0.3) is 0 Å². The molecule has 1 aliphatic heterocycles. The quantitative estimate of drug-likeness (QED) is 0.768. The zero-order chi connectivity index (χ0) is 13.6. The fraction of sp³-hybridized carbons (Fsp3) is 1.00. The second-order valence-corrected chi connectivity index (χ2v) is 4.91. The number of halogens is 3. The van der Waals surface area contributed by atoms with Crippen LogP contribution in [0.25, 0.3) is 0 Å². The van der Waals surface area contributed by atoms with Gasteiger partial charge in [-0.25, -0.2) is 0 Å². The number of piperidine rings is 1. The van der Waals surface area contributed by atoms with Crippen LogP contribution in [0.4, 0.5) is 13.2 Å². The van der Waals surface area contributed by atoms with Crippen molar-refractivity contribution < 1.29 is 18.3 Å². The molecular formula is C12H23F3N2O. The van der Waals surface area contributed by atoms with E-state index < -0.39 is 12.1 Å². The fourth-order valence-corrected chi connectivity index (χ4v) is 2.41. The van der Waals surface area contributed by atoms with Gasteiger partial charge in [-0.3, -0.25) is 0 Å². The van der Waals surface area contributed by atoms with Gasteiger partial charge in [0.1, 0.15) is 0 Å². The van der Waals surface area contributed by atoms with Crippen LogP contribution in [0.2, 0.25) is 0 Å². The molecule has 0 radical (unpaired) electrons. The van der Waals surface area contributed by atoms with Crippen LogP contribution in [-0.4, -0.2) is 55.0 Å². The van der Waals surface area contributed by atoms with Crippen LogP contribution in [0.5, 0.6) is 0 Å². The van der Waals surface area contributed by atoms with Crippen LogP contribution in [0.1, 0.15) is 26.2 Å². The van der Waals surface area contributed by atoms with E-state index in [9.17, 15) is 13.2 Å². The Morgan fingerprint density at radius 2 is 2.17 bits per heavy atom. The second kappa shape index (κ2) is 7.31. The van der Waals surface area contributed by atoms with E-state index in [1.54, 1.807) is 0 Å². The average molecular weight is 268 g/mol. The molecule has 18 heavy (non-hydrogen) atoms. The summed E-state index contributed by atoms with van der Waals surface area (Å²) in [6.45, 7) is 4.19. The van der Waals surface area contributed by atoms with Crippen molar-refractivity contribution in [2.75, 3.05) is 32.8 Å². The van der Waals surface area contributed by atoms with E-state index >= 15 is 0 Å². The van der Waals surface area contributed by atoms with Crippen molar-refractivity contribution in [3.05, 3.63) is 0 Å². The Hall–Kier alpha value is -0.330. The van der Waals surface area contributed by atoms with E-state index in [4.69, 9.17) is 5.11 Å². The third-order valence-electron chi connectivity index (χ3n) is 3.48. The molecule has 0 spiro atoms. The molecule has 1 rings (SSSR count). The van der Waals surface area contributed by atoms with Gasteiger partial charge in [0.2, 0.25) is 0 Å². The Kier molecular flexibility index (Phi) is 6.38. The maximum absolute atomic E-state index is 12.6. The highest BCUT2D eigenvalue weighted by Gasteiger charge is 2.41. The highest BCUT2D eigenvalue weighted by molar-refractivity contribution is 4.79. The van der Waals surface area contributed by atoms with Crippen LogP contribution in [0, 0.1) is 5.92 Å². The first-order valence-corrected chi connectivity index (χ1v) is 6.60. The van der Waals surface area contributed by atoms with Gasteiger partial charge in [-0.1, -0.05) is 6.92 Å². The molecule has 1 fully saturated rings. The summed E-state index contributed by atoms with van der Waals surface area (Å²) in [5, 5.41) is 12.2. The molecule has 2 unspecified atom stereocenters. The summed E-state index contributed by atoms with van der Waals surface area (Å²) in [6.07, 6.45) is -2.53. The number of rotatable bonds is 6. The largest absolute Gasteiger partial charge is 0.395 e. The van der Waals surface area contributed by atoms with Gasteiger partial charge in [-0.05, 0) is 38.9 Å². The van der Waals surface area contributed by atoms with Gasteiger partial charge < -0.3 is 15.3 Å². The molecule has 0 aromatic carbocycles. The number of likely N-dealkylation sites (tertiary alicyclic amines) is 1.